The Morgan fingerprint density at radius 3 is 1.50 bits per heavy atom. The van der Waals surface area contributed by atoms with Crippen LogP contribution < -0.4 is 9.47 Å². The Morgan fingerprint density at radius 2 is 1.14 bits per heavy atom. The molecular weight excluding hydrogens is 456 g/mol. The number of carbonyl (C=O) groups excluding carboxylic acids is 2. The zero-order valence-corrected chi connectivity index (χ0v) is 21.7. The third-order valence-electron chi connectivity index (χ3n) is 5.85. The molecule has 196 valence electrons. The molecular formula is C30H40O6. The molecule has 36 heavy (non-hydrogen) atoms. The van der Waals surface area contributed by atoms with E-state index in [1.807, 2.05) is 36.4 Å². The molecule has 0 aliphatic heterocycles. The first kappa shape index (κ1) is 29.0. The highest BCUT2D eigenvalue weighted by Crippen LogP contribution is 2.33. The standard InChI is InChI=1S/C30H40O6/c1-5-9-11-15-23(35-29(31)7-3)21-33-27-19-20-28(26-18-14-13-17-25(26)27)34-22-24(16-12-10-6-2)36-30(32)8-4/h7-8,13-14,17-20,23-24H,3-6,9-12,15-16,21-22H2,1-2H3. The van der Waals surface area contributed by atoms with Gasteiger partial charge in [0.05, 0.1) is 0 Å². The summed E-state index contributed by atoms with van der Waals surface area (Å²) in [6, 6.07) is 11.5. The van der Waals surface area contributed by atoms with Gasteiger partial charge < -0.3 is 18.9 Å². The van der Waals surface area contributed by atoms with Gasteiger partial charge in [0, 0.05) is 22.9 Å². The van der Waals surface area contributed by atoms with Crippen molar-refractivity contribution in [2.24, 2.45) is 0 Å². The largest absolute Gasteiger partial charge is 0.489 e. The lowest BCUT2D eigenvalue weighted by Gasteiger charge is -2.20. The first-order valence-corrected chi connectivity index (χ1v) is 13.0. The van der Waals surface area contributed by atoms with Crippen molar-refractivity contribution in [1.29, 1.82) is 0 Å². The minimum Gasteiger partial charge on any atom is -0.489 e. The van der Waals surface area contributed by atoms with Crippen LogP contribution in [0.1, 0.15) is 65.2 Å². The SMILES string of the molecule is C=CC(=O)OC(CCCCC)COc1ccc(OCC(CCCCC)OC(=O)C=C)c2ccccc12. The van der Waals surface area contributed by atoms with E-state index in [-0.39, 0.29) is 25.4 Å². The van der Waals surface area contributed by atoms with E-state index in [2.05, 4.69) is 27.0 Å². The van der Waals surface area contributed by atoms with E-state index < -0.39 is 11.9 Å². The monoisotopic (exact) mass is 496 g/mol. The lowest BCUT2D eigenvalue weighted by atomic mass is 10.1. The van der Waals surface area contributed by atoms with Crippen molar-refractivity contribution in [2.75, 3.05) is 13.2 Å². The van der Waals surface area contributed by atoms with Crippen LogP contribution in [0.4, 0.5) is 0 Å². The number of ether oxygens (including phenoxy) is 4. The summed E-state index contributed by atoms with van der Waals surface area (Å²) in [6.07, 6.45) is 9.34. The van der Waals surface area contributed by atoms with E-state index in [0.717, 1.165) is 62.1 Å². The van der Waals surface area contributed by atoms with Gasteiger partial charge in [-0.05, 0) is 37.8 Å². The van der Waals surface area contributed by atoms with Gasteiger partial charge in [-0.15, -0.1) is 0 Å². The Hall–Kier alpha value is -3.28. The summed E-state index contributed by atoms with van der Waals surface area (Å²) in [7, 11) is 0. The molecule has 0 amide bonds. The van der Waals surface area contributed by atoms with Gasteiger partial charge in [0.25, 0.3) is 0 Å². The summed E-state index contributed by atoms with van der Waals surface area (Å²) in [4.78, 5) is 23.5. The van der Waals surface area contributed by atoms with Crippen molar-refractivity contribution >= 4 is 22.7 Å². The van der Waals surface area contributed by atoms with Crippen molar-refractivity contribution in [3.05, 3.63) is 61.7 Å². The predicted octanol–water partition coefficient (Wildman–Crippen LogP) is 6.95. The summed E-state index contributed by atoms with van der Waals surface area (Å²) >= 11 is 0. The van der Waals surface area contributed by atoms with E-state index in [1.165, 1.54) is 12.2 Å². The van der Waals surface area contributed by atoms with Crippen molar-refractivity contribution in [1.82, 2.24) is 0 Å². The molecule has 0 radical (unpaired) electrons. The van der Waals surface area contributed by atoms with Gasteiger partial charge in [-0.2, -0.15) is 0 Å². The number of benzene rings is 2. The van der Waals surface area contributed by atoms with Gasteiger partial charge >= 0.3 is 11.9 Å². The van der Waals surface area contributed by atoms with Crippen LogP contribution in [0.2, 0.25) is 0 Å². The quantitative estimate of drug-likeness (QED) is 0.126. The van der Waals surface area contributed by atoms with Gasteiger partial charge in [0.2, 0.25) is 0 Å². The molecule has 2 aromatic rings. The maximum atomic E-state index is 11.8. The summed E-state index contributed by atoms with van der Waals surface area (Å²) in [5, 5.41) is 1.78. The first-order chi connectivity index (χ1) is 17.5. The molecule has 0 spiro atoms. The van der Waals surface area contributed by atoms with E-state index in [0.29, 0.717) is 11.5 Å². The third kappa shape index (κ3) is 9.76. The van der Waals surface area contributed by atoms with E-state index in [9.17, 15) is 9.59 Å². The molecule has 0 aromatic heterocycles. The summed E-state index contributed by atoms with van der Waals surface area (Å²) in [5.41, 5.74) is 0. The minimum absolute atomic E-state index is 0.254. The molecule has 2 aromatic carbocycles. The first-order valence-electron chi connectivity index (χ1n) is 13.0. The van der Waals surface area contributed by atoms with Gasteiger partial charge in [0.15, 0.2) is 0 Å². The van der Waals surface area contributed by atoms with Crippen LogP contribution in [0.5, 0.6) is 11.5 Å². The van der Waals surface area contributed by atoms with E-state index in [1.54, 1.807) is 0 Å². The fourth-order valence-electron chi connectivity index (χ4n) is 3.88. The van der Waals surface area contributed by atoms with Crippen molar-refractivity contribution in [2.45, 2.75) is 77.4 Å². The lowest BCUT2D eigenvalue weighted by Crippen LogP contribution is -2.25. The molecule has 0 aliphatic rings. The van der Waals surface area contributed by atoms with Crippen LogP contribution in [0.25, 0.3) is 10.8 Å². The number of rotatable bonds is 18. The average Bonchev–Trinajstić information content (AvgIpc) is 2.90. The number of esters is 2. The summed E-state index contributed by atoms with van der Waals surface area (Å²) in [6.45, 7) is 11.8. The Morgan fingerprint density at radius 1 is 0.722 bits per heavy atom. The summed E-state index contributed by atoms with van der Waals surface area (Å²) < 4.78 is 23.2. The van der Waals surface area contributed by atoms with Crippen molar-refractivity contribution in [3.8, 4) is 11.5 Å². The van der Waals surface area contributed by atoms with Gasteiger partial charge in [0.1, 0.15) is 36.9 Å². The highest BCUT2D eigenvalue weighted by molar-refractivity contribution is 5.93. The molecule has 6 heteroatoms. The van der Waals surface area contributed by atoms with Crippen LogP contribution in [-0.2, 0) is 19.1 Å². The second-order valence-electron chi connectivity index (χ2n) is 8.75. The van der Waals surface area contributed by atoms with Crippen LogP contribution in [0, 0.1) is 0 Å². The fraction of sp³-hybridized carbons (Fsp3) is 0.467. The van der Waals surface area contributed by atoms with Crippen molar-refractivity contribution in [3.63, 3.8) is 0 Å². The average molecular weight is 497 g/mol. The number of fused-ring (bicyclic) bond motifs is 1. The predicted molar refractivity (Wildman–Crippen MR) is 143 cm³/mol. The molecule has 0 N–H and O–H groups in total. The smallest absolute Gasteiger partial charge is 0.330 e. The van der Waals surface area contributed by atoms with Crippen LogP contribution in [0.15, 0.2) is 61.7 Å². The number of hydrogen-bond acceptors (Lipinski definition) is 6. The van der Waals surface area contributed by atoms with Gasteiger partial charge in [-0.25, -0.2) is 9.59 Å². The molecule has 0 bridgehead atoms. The Balaban J connectivity index is 2.13. The molecule has 2 atom stereocenters. The second-order valence-corrected chi connectivity index (χ2v) is 8.75. The Kier molecular flexibility index (Phi) is 13.2. The van der Waals surface area contributed by atoms with Gasteiger partial charge in [-0.3, -0.25) is 0 Å². The molecule has 0 aliphatic carbocycles. The molecule has 6 nitrogen and oxygen atoms in total. The zero-order chi connectivity index (χ0) is 26.2. The van der Waals surface area contributed by atoms with Crippen LogP contribution in [0.3, 0.4) is 0 Å². The maximum absolute atomic E-state index is 11.8. The highest BCUT2D eigenvalue weighted by Gasteiger charge is 2.17. The number of hydrogen-bond donors (Lipinski definition) is 0. The molecule has 0 saturated heterocycles. The number of carbonyl (C=O) groups is 2. The Bertz CT molecular complexity index is 904. The normalized spacial score (nSPS) is 12.4. The maximum Gasteiger partial charge on any atom is 0.330 e. The van der Waals surface area contributed by atoms with E-state index in [4.69, 9.17) is 18.9 Å². The fourth-order valence-corrected chi connectivity index (χ4v) is 3.88. The van der Waals surface area contributed by atoms with Crippen LogP contribution >= 0.6 is 0 Å². The lowest BCUT2D eigenvalue weighted by molar-refractivity contribution is -0.145. The highest BCUT2D eigenvalue weighted by atomic mass is 16.6. The molecule has 2 unspecified atom stereocenters. The number of unbranched alkanes of at least 4 members (excludes halogenated alkanes) is 4. The third-order valence-corrected chi connectivity index (χ3v) is 5.85. The Labute approximate surface area is 215 Å². The van der Waals surface area contributed by atoms with Gasteiger partial charge in [-0.1, -0.05) is 77.0 Å². The molecule has 2 rings (SSSR count). The topological polar surface area (TPSA) is 71.1 Å². The zero-order valence-electron chi connectivity index (χ0n) is 21.7. The second kappa shape index (κ2) is 16.4. The van der Waals surface area contributed by atoms with Crippen molar-refractivity contribution < 1.29 is 28.5 Å². The van der Waals surface area contributed by atoms with E-state index >= 15 is 0 Å². The minimum atomic E-state index is -0.445. The molecule has 0 saturated carbocycles. The van der Waals surface area contributed by atoms with Crippen LogP contribution in [-0.4, -0.2) is 37.4 Å². The molecule has 0 heterocycles. The summed E-state index contributed by atoms with van der Waals surface area (Å²) in [5.74, 6) is 0.482. The molecule has 0 fully saturated rings.